The van der Waals surface area contributed by atoms with Gasteiger partial charge in [-0.15, -0.1) is 0 Å². The van der Waals surface area contributed by atoms with Crippen molar-refractivity contribution in [2.45, 2.75) is 63.1 Å². The molecule has 5 atom stereocenters. The molecule has 0 unspecified atom stereocenters. The number of carbonyl (C=O) groups is 2. The zero-order chi connectivity index (χ0) is 28.4. The molecule has 2 aromatic carbocycles. The maximum Gasteiger partial charge on any atom is 0.323 e. The quantitative estimate of drug-likeness (QED) is 0.406. The molecule has 11 heteroatoms. The van der Waals surface area contributed by atoms with E-state index in [4.69, 9.17) is 33.7 Å². The molecule has 4 N–H and O–H groups in total. The number of nitrogens with zero attached hydrogens (tertiary/aromatic N) is 1. The Morgan fingerprint density at radius 3 is 2.53 bits per heavy atom. The fourth-order valence-corrected chi connectivity index (χ4v) is 5.43. The number of benzene rings is 2. The van der Waals surface area contributed by atoms with E-state index >= 15 is 8.78 Å². The van der Waals surface area contributed by atoms with Crippen molar-refractivity contribution in [2.24, 2.45) is 11.1 Å². The second-order valence-corrected chi connectivity index (χ2v) is 11.5. The molecule has 3 rings (SSSR count). The molecule has 7 nitrogen and oxygen atoms in total. The highest BCUT2D eigenvalue weighted by Gasteiger charge is 2.61. The van der Waals surface area contributed by atoms with Crippen LogP contribution in [0.5, 0.6) is 0 Å². The van der Waals surface area contributed by atoms with Gasteiger partial charge in [0.2, 0.25) is 5.91 Å². The fourth-order valence-electron chi connectivity index (χ4n) is 5.09. The van der Waals surface area contributed by atoms with Gasteiger partial charge < -0.3 is 15.6 Å². The molecule has 0 saturated carbocycles. The Kier molecular flexibility index (Phi) is 9.04. The molecule has 0 aromatic heterocycles. The first-order valence-electron chi connectivity index (χ1n) is 11.9. The van der Waals surface area contributed by atoms with Crippen LogP contribution in [0.1, 0.15) is 50.7 Å². The highest BCUT2D eigenvalue weighted by molar-refractivity contribution is 6.31. The number of hydrogen-bond donors (Lipinski definition) is 3. The largest absolute Gasteiger partial charge is 0.462 e. The van der Waals surface area contributed by atoms with E-state index in [0.717, 1.165) is 6.07 Å². The zero-order valence-electron chi connectivity index (χ0n) is 21.1. The van der Waals surface area contributed by atoms with Gasteiger partial charge in [-0.1, -0.05) is 62.2 Å². The number of aliphatic hydroxyl groups excluding tert-OH is 1. The van der Waals surface area contributed by atoms with Gasteiger partial charge in [0.25, 0.3) is 0 Å². The average molecular weight is 568 g/mol. The van der Waals surface area contributed by atoms with Crippen LogP contribution in [0.25, 0.3) is 0 Å². The summed E-state index contributed by atoms with van der Waals surface area (Å²) in [5.74, 6) is -4.67. The number of nitrogens with two attached hydrogens (primary N) is 1. The van der Waals surface area contributed by atoms with Gasteiger partial charge in [0.05, 0.1) is 23.6 Å². The van der Waals surface area contributed by atoms with Crippen LogP contribution in [-0.2, 0) is 19.7 Å². The minimum atomic E-state index is -1.80. The van der Waals surface area contributed by atoms with Crippen molar-refractivity contribution < 1.29 is 28.2 Å². The van der Waals surface area contributed by atoms with Crippen LogP contribution < -0.4 is 11.1 Å². The third kappa shape index (κ3) is 6.10. The molecule has 1 saturated heterocycles. The molecule has 1 aliphatic heterocycles. The van der Waals surface area contributed by atoms with Crippen molar-refractivity contribution >= 4 is 35.1 Å². The lowest BCUT2D eigenvalue weighted by molar-refractivity contribution is -0.150. The molecule has 0 radical (unpaired) electrons. The van der Waals surface area contributed by atoms with Crippen LogP contribution in [0, 0.1) is 28.4 Å². The first-order chi connectivity index (χ1) is 17.7. The van der Waals surface area contributed by atoms with E-state index in [0.29, 0.717) is 0 Å². The Bertz CT molecular complexity index is 1260. The first kappa shape index (κ1) is 29.8. The lowest BCUT2D eigenvalue weighted by atomic mass is 9.62. The molecule has 0 spiro atoms. The third-order valence-electron chi connectivity index (χ3n) is 6.56. The second-order valence-electron chi connectivity index (χ2n) is 10.6. The van der Waals surface area contributed by atoms with Crippen molar-refractivity contribution in [3.63, 3.8) is 0 Å². The summed E-state index contributed by atoms with van der Waals surface area (Å²) in [4.78, 5) is 24.5. The highest BCUT2D eigenvalue weighted by Crippen LogP contribution is 2.52. The molecule has 0 bridgehead atoms. The lowest BCUT2D eigenvalue weighted by Gasteiger charge is -2.37. The van der Waals surface area contributed by atoms with Gasteiger partial charge in [0, 0.05) is 22.5 Å². The number of nitriles is 1. The van der Waals surface area contributed by atoms with E-state index in [1.807, 2.05) is 20.8 Å². The van der Waals surface area contributed by atoms with Crippen molar-refractivity contribution in [3.05, 3.63) is 69.2 Å². The molecule has 2 aromatic rings. The summed E-state index contributed by atoms with van der Waals surface area (Å²) < 4.78 is 36.4. The summed E-state index contributed by atoms with van der Waals surface area (Å²) in [6, 6.07) is 8.04. The van der Waals surface area contributed by atoms with Crippen molar-refractivity contribution in [2.75, 3.05) is 6.61 Å². The maximum atomic E-state index is 15.5. The van der Waals surface area contributed by atoms with Crippen LogP contribution in [0.15, 0.2) is 36.4 Å². The standard InChI is InChI=1S/C27H29Cl2F2N3O4/c1-26(2,3)11-20-27(13-32,17-8-7-14(28)9-19(17)30)22(16-5-4-6-18(29)23(16)31)24(34-20)25(37)38-12-15(35)10-21(33)36/h4-9,15,20,22,24,34-35H,10-12H2,1-3H3,(H2,33,36)/t15-,20+,22+,24-,27+/m1/s1. The average Bonchev–Trinajstić information content (AvgIpc) is 3.11. The van der Waals surface area contributed by atoms with Gasteiger partial charge in [-0.2, -0.15) is 5.26 Å². The summed E-state index contributed by atoms with van der Waals surface area (Å²) in [6.07, 6.45) is -1.52. The number of amides is 1. The maximum absolute atomic E-state index is 15.5. The summed E-state index contributed by atoms with van der Waals surface area (Å²) in [6.45, 7) is 5.17. The number of esters is 1. The highest BCUT2D eigenvalue weighted by atomic mass is 35.5. The lowest BCUT2D eigenvalue weighted by Crippen LogP contribution is -2.44. The topological polar surface area (TPSA) is 125 Å². The van der Waals surface area contributed by atoms with Gasteiger partial charge in [-0.3, -0.25) is 14.9 Å². The Balaban J connectivity index is 2.23. The predicted molar refractivity (Wildman–Crippen MR) is 138 cm³/mol. The summed E-state index contributed by atoms with van der Waals surface area (Å²) in [5, 5.41) is 23.7. The molecule has 1 aliphatic rings. The smallest absolute Gasteiger partial charge is 0.323 e. The third-order valence-corrected chi connectivity index (χ3v) is 7.08. The minimum Gasteiger partial charge on any atom is -0.462 e. The number of ether oxygens (including phenoxy) is 1. The molecule has 1 amide bonds. The normalized spacial score (nSPS) is 24.0. The van der Waals surface area contributed by atoms with Crippen LogP contribution in [-0.4, -0.2) is 41.8 Å². The van der Waals surface area contributed by atoms with Gasteiger partial charge >= 0.3 is 5.97 Å². The zero-order valence-corrected chi connectivity index (χ0v) is 22.6. The van der Waals surface area contributed by atoms with E-state index in [-0.39, 0.29) is 27.6 Å². The van der Waals surface area contributed by atoms with Gasteiger partial charge in [-0.05, 0) is 35.6 Å². The van der Waals surface area contributed by atoms with Crippen molar-refractivity contribution in [1.82, 2.24) is 5.32 Å². The summed E-state index contributed by atoms with van der Waals surface area (Å²) in [5.41, 5.74) is 2.72. The van der Waals surface area contributed by atoms with Crippen LogP contribution in [0.2, 0.25) is 10.0 Å². The number of rotatable bonds is 8. The molecule has 0 aliphatic carbocycles. The molecule has 1 heterocycles. The van der Waals surface area contributed by atoms with Crippen LogP contribution in [0.3, 0.4) is 0 Å². The minimum absolute atomic E-state index is 0.0698. The summed E-state index contributed by atoms with van der Waals surface area (Å²) >= 11 is 12.1. The molecule has 204 valence electrons. The molecular weight excluding hydrogens is 539 g/mol. The molecule has 38 heavy (non-hydrogen) atoms. The molecular formula is C27H29Cl2F2N3O4. The van der Waals surface area contributed by atoms with Gasteiger partial charge in [0.1, 0.15) is 29.7 Å². The number of primary amides is 1. The van der Waals surface area contributed by atoms with E-state index in [9.17, 15) is 20.0 Å². The number of nitrogens with one attached hydrogen (secondary N) is 1. The van der Waals surface area contributed by atoms with Crippen molar-refractivity contribution in [3.8, 4) is 6.07 Å². The van der Waals surface area contributed by atoms with E-state index in [1.54, 1.807) is 0 Å². The van der Waals surface area contributed by atoms with Crippen LogP contribution >= 0.6 is 23.2 Å². The SMILES string of the molecule is CC(C)(C)C[C@@H]1N[C@@H](C(=O)OC[C@H](O)CC(N)=O)[C@H](c2cccc(Cl)c2F)[C@@]1(C#N)c1ccc(Cl)cc1F. The van der Waals surface area contributed by atoms with E-state index in [1.165, 1.54) is 30.3 Å². The van der Waals surface area contributed by atoms with Crippen LogP contribution in [0.4, 0.5) is 8.78 Å². The van der Waals surface area contributed by atoms with Crippen molar-refractivity contribution in [1.29, 1.82) is 5.26 Å². The van der Waals surface area contributed by atoms with E-state index < -0.39 is 71.5 Å². The number of aliphatic hydroxyl groups is 1. The first-order valence-corrected chi connectivity index (χ1v) is 12.7. The Morgan fingerprint density at radius 2 is 1.95 bits per heavy atom. The monoisotopic (exact) mass is 567 g/mol. The number of hydrogen-bond acceptors (Lipinski definition) is 6. The Morgan fingerprint density at radius 1 is 1.26 bits per heavy atom. The number of carbonyl (C=O) groups excluding carboxylic acids is 2. The molecule has 1 fully saturated rings. The Labute approximate surface area is 229 Å². The van der Waals surface area contributed by atoms with Gasteiger partial charge in [0.15, 0.2) is 0 Å². The Hall–Kier alpha value is -2.77. The van der Waals surface area contributed by atoms with Gasteiger partial charge in [-0.25, -0.2) is 8.78 Å². The van der Waals surface area contributed by atoms with E-state index in [2.05, 4.69) is 11.4 Å². The predicted octanol–water partition coefficient (Wildman–Crippen LogP) is 4.37. The summed E-state index contributed by atoms with van der Waals surface area (Å²) in [7, 11) is 0. The second kappa shape index (κ2) is 11.5. The fraction of sp³-hybridized carbons (Fsp3) is 0.444. The number of halogens is 4.